The number of hydrogen-bond donors (Lipinski definition) is 1. The first kappa shape index (κ1) is 24.3. The Labute approximate surface area is 195 Å². The van der Waals surface area contributed by atoms with E-state index in [1.807, 2.05) is 0 Å². The van der Waals surface area contributed by atoms with Crippen molar-refractivity contribution in [3.63, 3.8) is 0 Å². The molecule has 0 saturated heterocycles. The highest BCUT2D eigenvalue weighted by molar-refractivity contribution is 7.90. The van der Waals surface area contributed by atoms with Crippen molar-refractivity contribution >= 4 is 26.9 Å². The van der Waals surface area contributed by atoms with E-state index in [-0.39, 0.29) is 40.4 Å². The summed E-state index contributed by atoms with van der Waals surface area (Å²) in [4.78, 5) is 14.4. The molecule has 12 heteroatoms. The van der Waals surface area contributed by atoms with E-state index in [1.165, 1.54) is 12.3 Å². The molecular formula is C23H15F5N2O4S. The second kappa shape index (κ2) is 8.77. The van der Waals surface area contributed by atoms with Gasteiger partial charge >= 0.3 is 12.1 Å². The fourth-order valence-electron chi connectivity index (χ4n) is 3.62. The van der Waals surface area contributed by atoms with E-state index < -0.39 is 44.3 Å². The van der Waals surface area contributed by atoms with Gasteiger partial charge in [-0.3, -0.25) is 9.78 Å². The van der Waals surface area contributed by atoms with Crippen molar-refractivity contribution in [3.8, 4) is 11.1 Å². The lowest BCUT2D eigenvalue weighted by Crippen LogP contribution is -2.12. The van der Waals surface area contributed by atoms with Gasteiger partial charge in [0.25, 0.3) is 10.0 Å². The molecule has 0 radical (unpaired) electrons. The third-order valence-electron chi connectivity index (χ3n) is 5.30. The smallest absolute Gasteiger partial charge is 0.416 e. The largest absolute Gasteiger partial charge is 0.481 e. The maximum Gasteiger partial charge on any atom is 0.416 e. The quantitative estimate of drug-likeness (QED) is 0.358. The van der Waals surface area contributed by atoms with Crippen LogP contribution in [0.25, 0.3) is 22.0 Å². The first-order chi connectivity index (χ1) is 16.4. The molecule has 4 aromatic rings. The summed E-state index contributed by atoms with van der Waals surface area (Å²) in [6, 6.07) is 6.26. The number of carboxylic acids is 1. The summed E-state index contributed by atoms with van der Waals surface area (Å²) in [7, 11) is -4.39. The lowest BCUT2D eigenvalue weighted by molar-refractivity contribution is -0.138. The van der Waals surface area contributed by atoms with E-state index in [4.69, 9.17) is 5.11 Å². The Kier molecular flexibility index (Phi) is 6.09. The predicted octanol–water partition coefficient (Wildman–Crippen LogP) is 5.25. The second-order valence-corrected chi connectivity index (χ2v) is 9.43. The number of carbonyl (C=O) groups is 1. The maximum atomic E-state index is 14.5. The molecule has 0 spiro atoms. The standard InChI is InChI=1S/C23H15F5N2O4S/c24-16-3-5-21-19(9-16)13(1-6-22(31)32)12-30(21)35(33,34)17-7-14(10-29-11-17)18-4-2-15(8-20(18)25)23(26,27)28/h2-5,7-12H,1,6H2,(H,31,32). The molecule has 0 saturated carbocycles. The third kappa shape index (κ3) is 4.74. The van der Waals surface area contributed by atoms with Crippen LogP contribution in [0.2, 0.25) is 0 Å². The number of rotatable bonds is 6. The van der Waals surface area contributed by atoms with Gasteiger partial charge in [0.2, 0.25) is 0 Å². The van der Waals surface area contributed by atoms with Crippen molar-refractivity contribution in [2.75, 3.05) is 0 Å². The van der Waals surface area contributed by atoms with Crippen LogP contribution in [0.3, 0.4) is 0 Å². The average Bonchev–Trinajstić information content (AvgIpc) is 3.15. The zero-order valence-corrected chi connectivity index (χ0v) is 18.4. The van der Waals surface area contributed by atoms with Gasteiger partial charge in [0.05, 0.1) is 11.1 Å². The Morgan fingerprint density at radius 1 is 1.03 bits per heavy atom. The number of benzene rings is 2. The number of aromatic nitrogens is 2. The van der Waals surface area contributed by atoms with Gasteiger partial charge in [0, 0.05) is 41.5 Å². The Balaban J connectivity index is 1.81. The summed E-state index contributed by atoms with van der Waals surface area (Å²) in [6.07, 6.45) is -1.88. The molecule has 0 atom stereocenters. The molecule has 0 aliphatic carbocycles. The van der Waals surface area contributed by atoms with Gasteiger partial charge in [-0.05, 0) is 48.4 Å². The van der Waals surface area contributed by atoms with Gasteiger partial charge in [-0.25, -0.2) is 21.2 Å². The highest BCUT2D eigenvalue weighted by atomic mass is 32.2. The maximum absolute atomic E-state index is 14.5. The van der Waals surface area contributed by atoms with Crippen LogP contribution in [0.4, 0.5) is 22.0 Å². The molecule has 0 fully saturated rings. The number of aryl methyl sites for hydroxylation is 1. The van der Waals surface area contributed by atoms with Crippen molar-refractivity contribution < 1.29 is 40.3 Å². The fourth-order valence-corrected chi connectivity index (χ4v) is 5.01. The summed E-state index contributed by atoms with van der Waals surface area (Å²) in [5.41, 5.74) is -1.20. The highest BCUT2D eigenvalue weighted by Gasteiger charge is 2.31. The molecule has 182 valence electrons. The van der Waals surface area contributed by atoms with E-state index in [1.54, 1.807) is 0 Å². The molecule has 0 bridgehead atoms. The molecule has 35 heavy (non-hydrogen) atoms. The zero-order valence-electron chi connectivity index (χ0n) is 17.6. The normalized spacial score (nSPS) is 12.3. The molecule has 6 nitrogen and oxygen atoms in total. The summed E-state index contributed by atoms with van der Waals surface area (Å²) < 4.78 is 94.5. The van der Waals surface area contributed by atoms with Gasteiger partial charge < -0.3 is 5.11 Å². The Bertz CT molecular complexity index is 1560. The van der Waals surface area contributed by atoms with Crippen LogP contribution in [-0.4, -0.2) is 28.5 Å². The molecule has 2 aromatic heterocycles. The van der Waals surface area contributed by atoms with Gasteiger partial charge in [-0.1, -0.05) is 6.07 Å². The van der Waals surface area contributed by atoms with E-state index in [0.29, 0.717) is 12.1 Å². The first-order valence-corrected chi connectivity index (χ1v) is 11.4. The van der Waals surface area contributed by atoms with E-state index in [9.17, 15) is 35.2 Å². The molecule has 0 amide bonds. The van der Waals surface area contributed by atoms with Crippen LogP contribution in [0.15, 0.2) is 66.0 Å². The van der Waals surface area contributed by atoms with Gasteiger partial charge in [-0.15, -0.1) is 0 Å². The highest BCUT2D eigenvalue weighted by Crippen LogP contribution is 2.34. The lowest BCUT2D eigenvalue weighted by Gasteiger charge is -2.11. The van der Waals surface area contributed by atoms with Crippen molar-refractivity contribution in [2.24, 2.45) is 0 Å². The number of nitrogens with zero attached hydrogens (tertiary/aromatic N) is 2. The van der Waals surface area contributed by atoms with Crippen LogP contribution in [-0.2, 0) is 27.4 Å². The molecule has 2 heterocycles. The topological polar surface area (TPSA) is 89.3 Å². The van der Waals surface area contributed by atoms with Crippen LogP contribution >= 0.6 is 0 Å². The van der Waals surface area contributed by atoms with Gasteiger partial charge in [0.1, 0.15) is 16.5 Å². The minimum Gasteiger partial charge on any atom is -0.481 e. The van der Waals surface area contributed by atoms with Crippen LogP contribution in [0.1, 0.15) is 17.5 Å². The number of alkyl halides is 3. The number of hydrogen-bond acceptors (Lipinski definition) is 4. The van der Waals surface area contributed by atoms with Gasteiger partial charge in [0.15, 0.2) is 0 Å². The lowest BCUT2D eigenvalue weighted by atomic mass is 10.0. The number of pyridine rings is 1. The Morgan fingerprint density at radius 2 is 1.77 bits per heavy atom. The van der Waals surface area contributed by atoms with Crippen LogP contribution in [0, 0.1) is 11.6 Å². The molecule has 0 unspecified atom stereocenters. The average molecular weight is 510 g/mol. The molecule has 0 aliphatic heterocycles. The molecule has 4 rings (SSSR count). The van der Waals surface area contributed by atoms with Crippen LogP contribution in [0.5, 0.6) is 0 Å². The Hall–Kier alpha value is -3.80. The van der Waals surface area contributed by atoms with Gasteiger partial charge in [-0.2, -0.15) is 13.2 Å². The Morgan fingerprint density at radius 3 is 2.43 bits per heavy atom. The SMILES string of the molecule is O=C(O)CCc1cn(S(=O)(=O)c2cncc(-c3ccc(C(F)(F)F)cc3F)c2)c2ccc(F)cc12. The number of fused-ring (bicyclic) bond motifs is 1. The van der Waals surface area contributed by atoms with Crippen molar-refractivity contribution in [2.45, 2.75) is 23.9 Å². The fraction of sp³-hybridized carbons (Fsp3) is 0.130. The van der Waals surface area contributed by atoms with Crippen molar-refractivity contribution in [1.29, 1.82) is 0 Å². The molecule has 0 aliphatic rings. The zero-order chi connectivity index (χ0) is 25.5. The van der Waals surface area contributed by atoms with Crippen molar-refractivity contribution in [3.05, 3.63) is 83.8 Å². The van der Waals surface area contributed by atoms with Crippen molar-refractivity contribution in [1.82, 2.24) is 8.96 Å². The number of carboxylic acid groups (broad SMARTS) is 1. The summed E-state index contributed by atoms with van der Waals surface area (Å²) in [5.74, 6) is -2.99. The molecular weight excluding hydrogens is 495 g/mol. The summed E-state index contributed by atoms with van der Waals surface area (Å²) in [6.45, 7) is 0. The predicted molar refractivity (Wildman–Crippen MR) is 115 cm³/mol. The second-order valence-electron chi connectivity index (χ2n) is 7.61. The van der Waals surface area contributed by atoms with E-state index >= 15 is 0 Å². The first-order valence-electron chi connectivity index (χ1n) is 9.97. The summed E-state index contributed by atoms with van der Waals surface area (Å²) in [5, 5.41) is 9.17. The number of aliphatic carboxylic acids is 1. The monoisotopic (exact) mass is 510 g/mol. The summed E-state index contributed by atoms with van der Waals surface area (Å²) >= 11 is 0. The molecule has 2 aromatic carbocycles. The molecule has 1 N–H and O–H groups in total. The minimum atomic E-state index is -4.75. The van der Waals surface area contributed by atoms with E-state index in [0.717, 1.165) is 40.6 Å². The van der Waals surface area contributed by atoms with Crippen LogP contribution < -0.4 is 0 Å². The minimum absolute atomic E-state index is 0.0626. The third-order valence-corrected chi connectivity index (χ3v) is 6.94. The number of halogens is 5. The van der Waals surface area contributed by atoms with E-state index in [2.05, 4.69) is 4.98 Å².